The Balaban J connectivity index is 3.20. The van der Waals surface area contributed by atoms with E-state index in [1.54, 1.807) is 12.1 Å². The van der Waals surface area contributed by atoms with E-state index in [9.17, 15) is 0 Å². The van der Waals surface area contributed by atoms with Crippen molar-refractivity contribution >= 4 is 22.6 Å². The molecule has 0 fully saturated rings. The fourth-order valence-electron chi connectivity index (χ4n) is 0.644. The molecule has 0 spiro atoms. The first-order chi connectivity index (χ1) is 4.74. The molecule has 0 aliphatic heterocycles. The van der Waals surface area contributed by atoms with Gasteiger partial charge in [0.1, 0.15) is 0 Å². The molecule has 1 rings (SSSR count). The lowest BCUT2D eigenvalue weighted by Crippen LogP contribution is -1.80. The van der Waals surface area contributed by atoms with E-state index >= 15 is 0 Å². The maximum atomic E-state index is 8.47. The van der Waals surface area contributed by atoms with Crippen LogP contribution >= 0.6 is 22.6 Å². The molecule has 0 aromatic heterocycles. The number of rotatable bonds is 0. The monoisotopic (exact) mass is 242 g/mol. The van der Waals surface area contributed by atoms with Gasteiger partial charge in [-0.15, -0.1) is 0 Å². The highest BCUT2D eigenvalue weighted by Gasteiger charge is 1.94. The van der Waals surface area contributed by atoms with Gasteiger partial charge < -0.3 is 0 Å². The first kappa shape index (κ1) is 7.55. The molecule has 0 unspecified atom stereocenters. The summed E-state index contributed by atoms with van der Waals surface area (Å²) in [5.74, 6) is 0. The highest BCUT2D eigenvalue weighted by atomic mass is 127. The van der Waals surface area contributed by atoms with Crippen molar-refractivity contribution in [1.29, 1.82) is 5.26 Å². The number of nitrogens with zero attached hydrogens (tertiary/aromatic N) is 1. The Morgan fingerprint density at radius 3 is 2.70 bits per heavy atom. The number of hydrogen-bond acceptors (Lipinski definition) is 1. The van der Waals surface area contributed by atoms with Crippen LogP contribution in [-0.2, 0) is 0 Å². The van der Waals surface area contributed by atoms with Crippen molar-refractivity contribution in [3.05, 3.63) is 39.8 Å². The second kappa shape index (κ2) is 3.02. The largest absolute Gasteiger partial charge is 0.192 e. The number of halogens is 1. The van der Waals surface area contributed by atoms with Crippen LogP contribution in [0.15, 0.2) is 18.2 Å². The number of nitriles is 1. The summed E-state index contributed by atoms with van der Waals surface area (Å²) in [6.07, 6.45) is 0. The molecule has 1 aromatic carbocycles. The van der Waals surface area contributed by atoms with Crippen LogP contribution in [0.3, 0.4) is 0 Å². The van der Waals surface area contributed by atoms with Crippen molar-refractivity contribution in [1.82, 2.24) is 0 Å². The maximum absolute atomic E-state index is 8.47. The predicted octanol–water partition coefficient (Wildman–Crippen LogP) is 2.35. The minimum absolute atomic E-state index is 0.672. The van der Waals surface area contributed by atoms with Crippen molar-refractivity contribution in [3.63, 3.8) is 0 Å². The number of hydrogen-bond donors (Lipinski definition) is 0. The summed E-state index contributed by atoms with van der Waals surface area (Å²) in [6.45, 7) is 3.77. The Hall–Kier alpha value is -0.560. The Bertz CT molecular complexity index is 286. The highest BCUT2D eigenvalue weighted by Crippen LogP contribution is 2.11. The molecule has 0 saturated heterocycles. The molecule has 1 aromatic rings. The van der Waals surface area contributed by atoms with Gasteiger partial charge in [-0.05, 0) is 53.3 Å². The molecule has 1 radical (unpaired) electrons. The molecule has 1 nitrogen and oxygen atoms in total. The van der Waals surface area contributed by atoms with E-state index in [-0.39, 0.29) is 0 Å². The first-order valence-electron chi connectivity index (χ1n) is 2.75. The van der Waals surface area contributed by atoms with E-state index in [4.69, 9.17) is 5.26 Å². The van der Waals surface area contributed by atoms with Crippen molar-refractivity contribution in [2.75, 3.05) is 0 Å². The van der Waals surface area contributed by atoms with Crippen LogP contribution in [0, 0.1) is 21.8 Å². The SMILES string of the molecule is [CH2]c1cc(C#N)ccc1I. The minimum atomic E-state index is 0.672. The van der Waals surface area contributed by atoms with E-state index in [2.05, 4.69) is 35.6 Å². The molecular formula is C8H5IN. The third kappa shape index (κ3) is 1.48. The molecule has 0 heterocycles. The average Bonchev–Trinajstić information content (AvgIpc) is 1.95. The lowest BCUT2D eigenvalue weighted by Gasteiger charge is -1.95. The third-order valence-corrected chi connectivity index (χ3v) is 2.23. The zero-order chi connectivity index (χ0) is 7.56. The third-order valence-electron chi connectivity index (χ3n) is 1.17. The maximum Gasteiger partial charge on any atom is 0.0991 e. The van der Waals surface area contributed by atoms with Gasteiger partial charge >= 0.3 is 0 Å². The molecule has 0 atom stereocenters. The molecule has 0 aliphatic rings. The molecule has 10 heavy (non-hydrogen) atoms. The predicted molar refractivity (Wildman–Crippen MR) is 48.3 cm³/mol. The standard InChI is InChI=1S/C8H5IN/c1-6-4-7(5-10)2-3-8(6)9/h2-4H,1H2. The Labute approximate surface area is 73.8 Å². The van der Waals surface area contributed by atoms with Gasteiger partial charge in [-0.3, -0.25) is 0 Å². The fraction of sp³-hybridized carbons (Fsp3) is 0. The van der Waals surface area contributed by atoms with Crippen LogP contribution in [0.5, 0.6) is 0 Å². The molecule has 2 heteroatoms. The van der Waals surface area contributed by atoms with Gasteiger partial charge in [-0.2, -0.15) is 5.26 Å². The van der Waals surface area contributed by atoms with Crippen LogP contribution in [-0.4, -0.2) is 0 Å². The Kier molecular flexibility index (Phi) is 2.28. The normalized spacial score (nSPS) is 8.90. The van der Waals surface area contributed by atoms with Crippen LogP contribution in [0.1, 0.15) is 11.1 Å². The van der Waals surface area contributed by atoms with Gasteiger partial charge in [-0.1, -0.05) is 0 Å². The van der Waals surface area contributed by atoms with Gasteiger partial charge in [0.2, 0.25) is 0 Å². The van der Waals surface area contributed by atoms with Crippen molar-refractivity contribution < 1.29 is 0 Å². The van der Waals surface area contributed by atoms with Gasteiger partial charge in [-0.25, -0.2) is 0 Å². The summed E-state index contributed by atoms with van der Waals surface area (Å²) >= 11 is 2.19. The average molecular weight is 242 g/mol. The molecular weight excluding hydrogens is 237 g/mol. The lowest BCUT2D eigenvalue weighted by molar-refractivity contribution is 1.45. The van der Waals surface area contributed by atoms with Crippen LogP contribution in [0.4, 0.5) is 0 Å². The summed E-state index contributed by atoms with van der Waals surface area (Å²) in [6, 6.07) is 7.51. The second-order valence-corrected chi connectivity index (χ2v) is 3.08. The molecule has 0 aliphatic carbocycles. The van der Waals surface area contributed by atoms with Gasteiger partial charge in [0.25, 0.3) is 0 Å². The van der Waals surface area contributed by atoms with Gasteiger partial charge in [0.15, 0.2) is 0 Å². The van der Waals surface area contributed by atoms with Crippen molar-refractivity contribution in [3.8, 4) is 6.07 Å². The van der Waals surface area contributed by atoms with Crippen LogP contribution in [0.2, 0.25) is 0 Å². The van der Waals surface area contributed by atoms with Gasteiger partial charge in [0, 0.05) is 3.57 Å². The molecule has 49 valence electrons. The number of benzene rings is 1. The molecule has 0 saturated carbocycles. The second-order valence-electron chi connectivity index (χ2n) is 1.92. The molecule has 0 amide bonds. The van der Waals surface area contributed by atoms with E-state index in [1.165, 1.54) is 0 Å². The molecule has 0 N–H and O–H groups in total. The summed E-state index contributed by atoms with van der Waals surface area (Å²) in [7, 11) is 0. The zero-order valence-corrected chi connectivity index (χ0v) is 7.42. The van der Waals surface area contributed by atoms with Crippen LogP contribution in [0.25, 0.3) is 0 Å². The Morgan fingerprint density at radius 1 is 1.50 bits per heavy atom. The van der Waals surface area contributed by atoms with E-state index in [0.29, 0.717) is 5.56 Å². The minimum Gasteiger partial charge on any atom is -0.192 e. The summed E-state index contributed by atoms with van der Waals surface area (Å²) in [5.41, 5.74) is 1.59. The topological polar surface area (TPSA) is 23.8 Å². The summed E-state index contributed by atoms with van der Waals surface area (Å²) in [4.78, 5) is 0. The van der Waals surface area contributed by atoms with E-state index in [0.717, 1.165) is 9.13 Å². The highest BCUT2D eigenvalue weighted by molar-refractivity contribution is 14.1. The quantitative estimate of drug-likeness (QED) is 0.640. The first-order valence-corrected chi connectivity index (χ1v) is 3.83. The smallest absolute Gasteiger partial charge is 0.0991 e. The summed E-state index contributed by atoms with van der Waals surface area (Å²) < 4.78 is 1.09. The fourth-order valence-corrected chi connectivity index (χ4v) is 0.980. The van der Waals surface area contributed by atoms with Gasteiger partial charge in [0.05, 0.1) is 11.6 Å². The van der Waals surface area contributed by atoms with Crippen molar-refractivity contribution in [2.45, 2.75) is 0 Å². The van der Waals surface area contributed by atoms with Crippen LogP contribution < -0.4 is 0 Å². The van der Waals surface area contributed by atoms with E-state index < -0.39 is 0 Å². The van der Waals surface area contributed by atoms with Crippen molar-refractivity contribution in [2.24, 2.45) is 0 Å². The zero-order valence-electron chi connectivity index (χ0n) is 5.26. The lowest BCUT2D eigenvalue weighted by atomic mass is 10.2. The molecule has 0 bridgehead atoms. The summed E-state index contributed by atoms with van der Waals surface area (Å²) in [5, 5.41) is 8.47. The Morgan fingerprint density at radius 2 is 2.20 bits per heavy atom. The van der Waals surface area contributed by atoms with E-state index in [1.807, 2.05) is 6.07 Å².